The minimum absolute atomic E-state index is 0.212. The second kappa shape index (κ2) is 6.69. The van der Waals surface area contributed by atoms with Crippen molar-refractivity contribution in [1.29, 1.82) is 0 Å². The molecular weight excluding hydrogens is 412 g/mol. The van der Waals surface area contributed by atoms with Gasteiger partial charge in [-0.25, -0.2) is 0 Å². The van der Waals surface area contributed by atoms with Crippen molar-refractivity contribution < 1.29 is 45.0 Å². The highest BCUT2D eigenvalue weighted by Gasteiger charge is 2.42. The maximum absolute atomic E-state index is 13.8. The Balaban J connectivity index is 2.98. The highest BCUT2D eigenvalue weighted by atomic mass is 19.4. The second-order valence-corrected chi connectivity index (χ2v) is 5.21. The van der Waals surface area contributed by atoms with Crippen molar-refractivity contribution in [3.8, 4) is 11.1 Å². The number of rotatable bonds is 3. The van der Waals surface area contributed by atoms with E-state index in [9.17, 15) is 55.4 Å². The van der Waals surface area contributed by atoms with Crippen LogP contribution in [0.15, 0.2) is 24.3 Å². The van der Waals surface area contributed by atoms with Gasteiger partial charge in [-0.2, -0.15) is 35.1 Å². The number of hydrogen-bond acceptors (Lipinski definition) is 4. The van der Waals surface area contributed by atoms with Crippen molar-refractivity contribution in [2.24, 2.45) is 0 Å². The van der Waals surface area contributed by atoms with Gasteiger partial charge in [0.25, 0.3) is 0 Å². The van der Waals surface area contributed by atoms with Crippen LogP contribution in [0.1, 0.15) is 11.1 Å². The van der Waals surface area contributed by atoms with Crippen LogP contribution >= 0.6 is 0 Å². The van der Waals surface area contributed by atoms with Gasteiger partial charge in [-0.1, -0.05) is 0 Å². The van der Waals surface area contributed by atoms with Gasteiger partial charge in [0.15, 0.2) is 0 Å². The van der Waals surface area contributed by atoms with Gasteiger partial charge in [0.05, 0.1) is 21.0 Å². The number of benzene rings is 2. The third-order valence-corrected chi connectivity index (χ3v) is 3.47. The Labute approximate surface area is 148 Å². The number of alkyl halides is 6. The topological polar surface area (TPSA) is 86.3 Å². The zero-order valence-electron chi connectivity index (χ0n) is 12.9. The molecule has 0 bridgehead atoms. The molecule has 2 aromatic rings. The number of halogens is 8. The fraction of sp³-hybridized carbons (Fsp3) is 0.143. The van der Waals surface area contributed by atoms with Gasteiger partial charge in [0, 0.05) is 12.1 Å². The summed E-state index contributed by atoms with van der Waals surface area (Å²) in [5, 5.41) is 21.3. The molecule has 14 heteroatoms. The fourth-order valence-electron chi connectivity index (χ4n) is 2.32. The van der Waals surface area contributed by atoms with Gasteiger partial charge in [-0.05, 0) is 23.3 Å². The lowest BCUT2D eigenvalue weighted by Crippen LogP contribution is -2.13. The molecule has 0 unspecified atom stereocenters. The Morgan fingerprint density at radius 1 is 0.643 bits per heavy atom. The van der Waals surface area contributed by atoms with Gasteiger partial charge >= 0.3 is 23.7 Å². The Hall–Kier alpha value is -3.32. The Kier molecular flexibility index (Phi) is 5.01. The second-order valence-electron chi connectivity index (χ2n) is 5.21. The van der Waals surface area contributed by atoms with E-state index in [4.69, 9.17) is 0 Å². The van der Waals surface area contributed by atoms with E-state index < -0.39 is 67.5 Å². The molecule has 0 aliphatic rings. The summed E-state index contributed by atoms with van der Waals surface area (Å²) in [7, 11) is 0. The summed E-state index contributed by atoms with van der Waals surface area (Å²) in [4.78, 5) is 18.2. The summed E-state index contributed by atoms with van der Waals surface area (Å²) >= 11 is 0. The van der Waals surface area contributed by atoms with Crippen molar-refractivity contribution in [3.05, 3.63) is 67.3 Å². The van der Waals surface area contributed by atoms with Crippen LogP contribution in [0.5, 0.6) is 0 Å². The molecule has 0 aliphatic heterocycles. The molecule has 150 valence electrons. The number of nitro benzene ring substituents is 2. The van der Waals surface area contributed by atoms with E-state index in [1.165, 1.54) is 0 Å². The quantitative estimate of drug-likeness (QED) is 0.376. The Bertz CT molecular complexity index is 905. The highest BCUT2D eigenvalue weighted by molar-refractivity contribution is 5.75. The molecule has 0 spiro atoms. The summed E-state index contributed by atoms with van der Waals surface area (Å²) in [5.74, 6) is -3.83. The zero-order chi connectivity index (χ0) is 21.6. The summed E-state index contributed by atoms with van der Waals surface area (Å²) in [6.07, 6.45) is -11.0. The third-order valence-electron chi connectivity index (χ3n) is 3.47. The molecular formula is C14H4F8N2O4. The minimum Gasteiger partial charge on any atom is -0.258 e. The van der Waals surface area contributed by atoms with Gasteiger partial charge in [0.1, 0.15) is 0 Å². The van der Waals surface area contributed by atoms with Crippen molar-refractivity contribution in [2.45, 2.75) is 12.4 Å². The number of nitrogens with zero attached hydrogens (tertiary/aromatic N) is 2. The van der Waals surface area contributed by atoms with E-state index in [2.05, 4.69) is 0 Å². The van der Waals surface area contributed by atoms with Crippen LogP contribution in [-0.4, -0.2) is 9.85 Å². The van der Waals surface area contributed by atoms with Crippen LogP contribution < -0.4 is 0 Å². The highest BCUT2D eigenvalue weighted by Crippen LogP contribution is 2.45. The SMILES string of the molecule is O=[N+]([O-])c1cc(C(F)(F)F)c(-c2cc(F)c([N+](=O)[O-])cc2C(F)(F)F)cc1F. The van der Waals surface area contributed by atoms with E-state index in [0.717, 1.165) is 0 Å². The van der Waals surface area contributed by atoms with E-state index in [-0.39, 0.29) is 24.3 Å². The molecule has 6 nitrogen and oxygen atoms in total. The largest absolute Gasteiger partial charge is 0.417 e. The van der Waals surface area contributed by atoms with E-state index in [1.54, 1.807) is 0 Å². The average molecular weight is 416 g/mol. The number of hydrogen-bond donors (Lipinski definition) is 0. The standard InChI is InChI=1S/C14H4F8N2O4/c15-9-1-5(7(13(17,18)19)3-11(9)23(25)26)6-2-10(16)12(24(27)28)4-8(6)14(20,21)22/h1-4H. The molecule has 0 fully saturated rings. The van der Waals surface area contributed by atoms with Gasteiger partial charge in [-0.3, -0.25) is 20.2 Å². The maximum Gasteiger partial charge on any atom is 0.417 e. The third kappa shape index (κ3) is 3.84. The molecule has 2 aromatic carbocycles. The molecule has 0 N–H and O–H groups in total. The molecule has 2 rings (SSSR count). The maximum atomic E-state index is 13.8. The summed E-state index contributed by atoms with van der Waals surface area (Å²) in [5.41, 5.74) is -10.6. The van der Waals surface area contributed by atoms with Crippen molar-refractivity contribution in [3.63, 3.8) is 0 Å². The summed E-state index contributed by atoms with van der Waals surface area (Å²) in [6.45, 7) is 0. The van der Waals surface area contributed by atoms with E-state index in [1.807, 2.05) is 0 Å². The lowest BCUT2D eigenvalue weighted by molar-refractivity contribution is -0.387. The first-order valence-electron chi connectivity index (χ1n) is 6.75. The van der Waals surface area contributed by atoms with Crippen LogP contribution in [0.3, 0.4) is 0 Å². The minimum atomic E-state index is -5.49. The lowest BCUT2D eigenvalue weighted by atomic mass is 9.93. The summed E-state index contributed by atoms with van der Waals surface area (Å²) < 4.78 is 107. The van der Waals surface area contributed by atoms with Crippen molar-refractivity contribution in [2.75, 3.05) is 0 Å². The molecule has 28 heavy (non-hydrogen) atoms. The van der Waals surface area contributed by atoms with Gasteiger partial charge in [0.2, 0.25) is 11.6 Å². The number of nitro groups is 2. The van der Waals surface area contributed by atoms with Crippen molar-refractivity contribution >= 4 is 11.4 Å². The smallest absolute Gasteiger partial charge is 0.258 e. The molecule has 0 saturated heterocycles. The van der Waals surface area contributed by atoms with Crippen LogP contribution in [0.2, 0.25) is 0 Å². The molecule has 0 atom stereocenters. The van der Waals surface area contributed by atoms with Crippen LogP contribution in [0.25, 0.3) is 11.1 Å². The van der Waals surface area contributed by atoms with E-state index in [0.29, 0.717) is 0 Å². The molecule has 0 aromatic heterocycles. The average Bonchev–Trinajstić information content (AvgIpc) is 2.51. The summed E-state index contributed by atoms with van der Waals surface area (Å²) in [6, 6.07) is -1.11. The predicted octanol–water partition coefficient (Wildman–Crippen LogP) is 5.49. The molecule has 0 heterocycles. The van der Waals surface area contributed by atoms with Crippen LogP contribution in [0.4, 0.5) is 46.5 Å². The molecule has 0 saturated carbocycles. The van der Waals surface area contributed by atoms with Crippen molar-refractivity contribution in [1.82, 2.24) is 0 Å². The monoisotopic (exact) mass is 416 g/mol. The first-order valence-corrected chi connectivity index (χ1v) is 6.75. The van der Waals surface area contributed by atoms with E-state index >= 15 is 0 Å². The lowest BCUT2D eigenvalue weighted by Gasteiger charge is -2.17. The van der Waals surface area contributed by atoms with Gasteiger partial charge < -0.3 is 0 Å². The molecule has 0 radical (unpaired) electrons. The molecule has 0 amide bonds. The first kappa shape index (κ1) is 21.0. The van der Waals surface area contributed by atoms with Gasteiger partial charge in [-0.15, -0.1) is 0 Å². The Morgan fingerprint density at radius 3 is 1.14 bits per heavy atom. The predicted molar refractivity (Wildman–Crippen MR) is 75.1 cm³/mol. The van der Waals surface area contributed by atoms with Crippen LogP contribution in [0, 0.1) is 31.9 Å². The molecule has 0 aliphatic carbocycles. The fourth-order valence-corrected chi connectivity index (χ4v) is 2.32. The Morgan fingerprint density at radius 2 is 0.929 bits per heavy atom. The zero-order valence-corrected chi connectivity index (χ0v) is 12.9. The first-order chi connectivity index (χ1) is 12.6. The normalized spacial score (nSPS) is 12.1. The van der Waals surface area contributed by atoms with Crippen LogP contribution in [-0.2, 0) is 12.4 Å².